The van der Waals surface area contributed by atoms with Crippen molar-refractivity contribution in [2.75, 3.05) is 19.6 Å². The van der Waals surface area contributed by atoms with Gasteiger partial charge in [-0.05, 0) is 26.7 Å². The number of likely N-dealkylation sites (tertiary alicyclic amines) is 1. The summed E-state index contributed by atoms with van der Waals surface area (Å²) in [5, 5.41) is 24.1. The summed E-state index contributed by atoms with van der Waals surface area (Å²) in [7, 11) is 0. The lowest BCUT2D eigenvalue weighted by atomic mass is 9.97. The number of piperidine rings is 1. The zero-order valence-electron chi connectivity index (χ0n) is 16.9. The Balaban J connectivity index is 1.58. The molecule has 2 unspecified atom stereocenters. The van der Waals surface area contributed by atoms with E-state index in [4.69, 9.17) is 4.84 Å². The highest BCUT2D eigenvalue weighted by Gasteiger charge is 2.26. The Morgan fingerprint density at radius 3 is 2.17 bits per heavy atom. The van der Waals surface area contributed by atoms with Crippen LogP contribution in [0.1, 0.15) is 46.0 Å². The molecule has 0 aliphatic carbocycles. The SMILES string of the molecule is CC1CCCC(C)N1CC(=O)NCCC(=O)NCCC(=O)On1c(O)ccc1O. The van der Waals surface area contributed by atoms with Gasteiger partial charge >= 0.3 is 5.97 Å². The van der Waals surface area contributed by atoms with Gasteiger partial charge in [0, 0.05) is 43.7 Å². The van der Waals surface area contributed by atoms with E-state index in [1.54, 1.807) is 0 Å². The summed E-state index contributed by atoms with van der Waals surface area (Å²) >= 11 is 0. The van der Waals surface area contributed by atoms with Crippen molar-refractivity contribution in [2.24, 2.45) is 0 Å². The summed E-state index contributed by atoms with van der Waals surface area (Å²) in [4.78, 5) is 42.5. The minimum Gasteiger partial charge on any atom is -0.492 e. The number of carbonyl (C=O) groups excluding carboxylic acids is 3. The van der Waals surface area contributed by atoms with Crippen LogP contribution >= 0.6 is 0 Å². The van der Waals surface area contributed by atoms with Gasteiger partial charge in [-0.15, -0.1) is 4.73 Å². The summed E-state index contributed by atoms with van der Waals surface area (Å²) in [6.07, 6.45) is 3.32. The van der Waals surface area contributed by atoms with Crippen molar-refractivity contribution < 1.29 is 29.4 Å². The Morgan fingerprint density at radius 1 is 1.00 bits per heavy atom. The Morgan fingerprint density at radius 2 is 1.55 bits per heavy atom. The fraction of sp³-hybridized carbons (Fsp3) is 0.632. The van der Waals surface area contributed by atoms with Crippen LogP contribution in [-0.4, -0.2) is 69.3 Å². The van der Waals surface area contributed by atoms with E-state index < -0.39 is 17.7 Å². The molecular formula is C19H30N4O6. The summed E-state index contributed by atoms with van der Waals surface area (Å²) < 4.78 is 0.587. The van der Waals surface area contributed by atoms with Gasteiger partial charge in [0.25, 0.3) is 0 Å². The summed E-state index contributed by atoms with van der Waals surface area (Å²) in [6.45, 7) is 4.84. The Bertz CT molecular complexity index is 690. The van der Waals surface area contributed by atoms with Crippen LogP contribution in [0.5, 0.6) is 11.8 Å². The molecule has 0 bridgehead atoms. The van der Waals surface area contributed by atoms with E-state index in [-0.39, 0.29) is 37.7 Å². The van der Waals surface area contributed by atoms with E-state index >= 15 is 0 Å². The molecule has 1 fully saturated rings. The average Bonchev–Trinajstić information content (AvgIpc) is 2.97. The van der Waals surface area contributed by atoms with E-state index in [1.807, 2.05) is 0 Å². The number of nitrogens with one attached hydrogen (secondary N) is 2. The second-order valence-electron chi connectivity index (χ2n) is 7.31. The Kier molecular flexibility index (Phi) is 8.32. The molecule has 10 heteroatoms. The highest BCUT2D eigenvalue weighted by Crippen LogP contribution is 2.21. The second-order valence-corrected chi connectivity index (χ2v) is 7.31. The van der Waals surface area contributed by atoms with Crippen LogP contribution in [-0.2, 0) is 14.4 Å². The maximum absolute atomic E-state index is 12.1. The predicted octanol–water partition coefficient (Wildman–Crippen LogP) is 0.130. The van der Waals surface area contributed by atoms with Gasteiger partial charge in [0.15, 0.2) is 0 Å². The molecule has 162 valence electrons. The Hall–Kier alpha value is -2.75. The molecule has 0 spiro atoms. The number of rotatable bonds is 9. The molecule has 4 N–H and O–H groups in total. The lowest BCUT2D eigenvalue weighted by Gasteiger charge is -2.38. The minimum atomic E-state index is -0.731. The lowest BCUT2D eigenvalue weighted by molar-refractivity contribution is -0.145. The van der Waals surface area contributed by atoms with E-state index in [1.165, 1.54) is 18.6 Å². The third kappa shape index (κ3) is 6.97. The molecule has 29 heavy (non-hydrogen) atoms. The molecule has 2 amide bonds. The van der Waals surface area contributed by atoms with Gasteiger partial charge < -0.3 is 25.7 Å². The standard InChI is InChI=1S/C19H30N4O6/c1-13-4-3-5-14(2)22(13)12-16(25)21-10-8-15(24)20-11-9-19(28)29-23-17(26)6-7-18(23)27/h6-7,13-14,26-27H,3-5,8-12H2,1-2H3,(H,20,24)(H,21,25). The first-order valence-electron chi connectivity index (χ1n) is 9.88. The molecule has 10 nitrogen and oxygen atoms in total. The van der Waals surface area contributed by atoms with Gasteiger partial charge in [0.1, 0.15) is 0 Å². The fourth-order valence-electron chi connectivity index (χ4n) is 3.36. The number of hydrogen-bond donors (Lipinski definition) is 4. The number of nitrogens with zero attached hydrogens (tertiary/aromatic N) is 2. The molecule has 1 aliphatic heterocycles. The zero-order valence-corrected chi connectivity index (χ0v) is 16.9. The first-order valence-corrected chi connectivity index (χ1v) is 9.88. The third-order valence-electron chi connectivity index (χ3n) is 5.02. The number of aromatic hydroxyl groups is 2. The van der Waals surface area contributed by atoms with Crippen molar-refractivity contribution in [3.8, 4) is 11.8 Å². The van der Waals surface area contributed by atoms with Crippen LogP contribution in [0.3, 0.4) is 0 Å². The summed E-state index contributed by atoms with van der Waals surface area (Å²) in [5.41, 5.74) is 0. The smallest absolute Gasteiger partial charge is 0.334 e. The minimum absolute atomic E-state index is 0.0389. The maximum Gasteiger partial charge on any atom is 0.334 e. The van der Waals surface area contributed by atoms with Crippen molar-refractivity contribution in [1.82, 2.24) is 20.3 Å². The van der Waals surface area contributed by atoms with Crippen LogP contribution in [0, 0.1) is 0 Å². The number of hydrogen-bond acceptors (Lipinski definition) is 7. The first-order chi connectivity index (χ1) is 13.8. The fourth-order valence-corrected chi connectivity index (χ4v) is 3.36. The monoisotopic (exact) mass is 410 g/mol. The van der Waals surface area contributed by atoms with E-state index in [0.717, 1.165) is 12.8 Å². The van der Waals surface area contributed by atoms with Crippen LogP contribution < -0.4 is 15.5 Å². The molecule has 0 radical (unpaired) electrons. The summed E-state index contributed by atoms with van der Waals surface area (Å²) in [5.74, 6) is -1.96. The molecule has 2 heterocycles. The van der Waals surface area contributed by atoms with Gasteiger partial charge in [-0.2, -0.15) is 0 Å². The van der Waals surface area contributed by atoms with Gasteiger partial charge in [-0.1, -0.05) is 6.42 Å². The molecule has 0 saturated carbocycles. The number of amides is 2. The quantitative estimate of drug-likeness (QED) is 0.455. The molecule has 1 aromatic rings. The first kappa shape index (κ1) is 22.5. The van der Waals surface area contributed by atoms with Crippen molar-refractivity contribution in [3.63, 3.8) is 0 Å². The van der Waals surface area contributed by atoms with Crippen LogP contribution in [0.15, 0.2) is 12.1 Å². The number of carbonyl (C=O) groups is 3. The third-order valence-corrected chi connectivity index (χ3v) is 5.02. The van der Waals surface area contributed by atoms with Crippen molar-refractivity contribution in [1.29, 1.82) is 0 Å². The molecule has 2 rings (SSSR count). The highest BCUT2D eigenvalue weighted by atomic mass is 16.7. The van der Waals surface area contributed by atoms with Gasteiger partial charge in [-0.25, -0.2) is 4.79 Å². The van der Waals surface area contributed by atoms with Crippen molar-refractivity contribution in [2.45, 2.75) is 58.0 Å². The lowest BCUT2D eigenvalue weighted by Crippen LogP contribution is -2.49. The molecule has 1 saturated heterocycles. The molecule has 1 aliphatic rings. The van der Waals surface area contributed by atoms with E-state index in [9.17, 15) is 24.6 Å². The van der Waals surface area contributed by atoms with Gasteiger partial charge in [-0.3, -0.25) is 14.5 Å². The highest BCUT2D eigenvalue weighted by molar-refractivity contribution is 5.80. The maximum atomic E-state index is 12.1. The second kappa shape index (κ2) is 10.7. The number of aromatic nitrogens is 1. The zero-order chi connectivity index (χ0) is 21.4. The average molecular weight is 410 g/mol. The van der Waals surface area contributed by atoms with Crippen molar-refractivity contribution >= 4 is 17.8 Å². The van der Waals surface area contributed by atoms with Crippen LogP contribution in [0.25, 0.3) is 0 Å². The van der Waals surface area contributed by atoms with Crippen LogP contribution in [0.2, 0.25) is 0 Å². The largest absolute Gasteiger partial charge is 0.492 e. The Labute approximate surface area is 169 Å². The van der Waals surface area contributed by atoms with Gasteiger partial charge in [0.2, 0.25) is 23.6 Å². The molecule has 0 aromatic carbocycles. The van der Waals surface area contributed by atoms with Gasteiger partial charge in [0.05, 0.1) is 13.0 Å². The van der Waals surface area contributed by atoms with Crippen molar-refractivity contribution in [3.05, 3.63) is 12.1 Å². The van der Waals surface area contributed by atoms with E-state index in [0.29, 0.717) is 23.4 Å². The molecular weight excluding hydrogens is 380 g/mol. The topological polar surface area (TPSA) is 133 Å². The molecule has 1 aromatic heterocycles. The molecule has 2 atom stereocenters. The van der Waals surface area contributed by atoms with E-state index in [2.05, 4.69) is 29.4 Å². The van der Waals surface area contributed by atoms with Crippen LogP contribution in [0.4, 0.5) is 0 Å². The normalized spacial score (nSPS) is 19.5. The predicted molar refractivity (Wildman–Crippen MR) is 104 cm³/mol. The summed E-state index contributed by atoms with van der Waals surface area (Å²) in [6, 6.07) is 3.10.